The molecule has 1 unspecified atom stereocenters. The molecule has 7 heteroatoms. The fraction of sp³-hybridized carbons (Fsp3) is 0.263. The summed E-state index contributed by atoms with van der Waals surface area (Å²) in [5.41, 5.74) is 1.51. The number of aromatic hydroxyl groups is 1. The highest BCUT2D eigenvalue weighted by Crippen LogP contribution is 2.27. The van der Waals surface area contributed by atoms with E-state index in [9.17, 15) is 9.90 Å². The van der Waals surface area contributed by atoms with Gasteiger partial charge in [0.15, 0.2) is 0 Å². The van der Waals surface area contributed by atoms with E-state index in [-0.39, 0.29) is 11.9 Å². The Bertz CT molecular complexity index is 774. The molecule has 7 nitrogen and oxygen atoms in total. The molecule has 138 valence electrons. The number of carbonyl (C=O) groups excluding carboxylic acids is 1. The third-order valence-electron chi connectivity index (χ3n) is 3.44. The van der Waals surface area contributed by atoms with Crippen LogP contribution in [0, 0.1) is 0 Å². The smallest absolute Gasteiger partial charge is 0.339 e. The van der Waals surface area contributed by atoms with E-state index >= 15 is 0 Å². The number of aromatic nitrogens is 1. The fourth-order valence-corrected chi connectivity index (χ4v) is 2.26. The summed E-state index contributed by atoms with van der Waals surface area (Å²) in [5, 5.41) is 13.0. The van der Waals surface area contributed by atoms with Gasteiger partial charge in [-0.05, 0) is 31.2 Å². The fourth-order valence-electron chi connectivity index (χ4n) is 2.26. The average Bonchev–Trinajstić information content (AvgIpc) is 2.61. The van der Waals surface area contributed by atoms with E-state index in [0.717, 1.165) is 0 Å². The first-order chi connectivity index (χ1) is 12.4. The van der Waals surface area contributed by atoms with E-state index in [0.29, 0.717) is 35.0 Å². The van der Waals surface area contributed by atoms with Crippen LogP contribution in [0.5, 0.6) is 11.5 Å². The lowest BCUT2D eigenvalue weighted by Gasteiger charge is -2.16. The van der Waals surface area contributed by atoms with Crippen LogP contribution in [0.3, 0.4) is 0 Å². The molecule has 1 atom stereocenters. The van der Waals surface area contributed by atoms with E-state index in [4.69, 9.17) is 9.47 Å². The number of ether oxygens (including phenoxy) is 3. The highest BCUT2D eigenvalue weighted by molar-refractivity contribution is 5.89. The normalized spacial score (nSPS) is 11.5. The lowest BCUT2D eigenvalue weighted by atomic mass is 10.1. The standard InChI is InChI=1S/C19H22N2O5/c1-12(11-24-3)26-17-8-15(7-16(22)9-17)13(2)21-18-6-5-14(10-20-18)19(23)25-4/h5-10,12,22H,2,11H2,1,3-4H3,(H,20,21). The van der Waals surface area contributed by atoms with Crippen LogP contribution in [-0.2, 0) is 9.47 Å². The van der Waals surface area contributed by atoms with E-state index in [1.54, 1.807) is 31.4 Å². The van der Waals surface area contributed by atoms with E-state index < -0.39 is 5.97 Å². The number of carbonyl (C=O) groups is 1. The average molecular weight is 358 g/mol. The summed E-state index contributed by atoms with van der Waals surface area (Å²) in [4.78, 5) is 15.6. The van der Waals surface area contributed by atoms with Gasteiger partial charge in [-0.3, -0.25) is 0 Å². The molecule has 2 aromatic rings. The van der Waals surface area contributed by atoms with Gasteiger partial charge >= 0.3 is 5.97 Å². The van der Waals surface area contributed by atoms with Crippen molar-refractivity contribution in [1.82, 2.24) is 4.98 Å². The molecule has 0 saturated heterocycles. The van der Waals surface area contributed by atoms with Crippen molar-refractivity contribution in [2.24, 2.45) is 0 Å². The van der Waals surface area contributed by atoms with Crippen LogP contribution in [0.15, 0.2) is 43.1 Å². The summed E-state index contributed by atoms with van der Waals surface area (Å²) in [6.07, 6.45) is 1.24. The van der Waals surface area contributed by atoms with Crippen molar-refractivity contribution in [2.45, 2.75) is 13.0 Å². The second-order valence-electron chi connectivity index (χ2n) is 5.63. The highest BCUT2D eigenvalue weighted by atomic mass is 16.5. The zero-order chi connectivity index (χ0) is 19.1. The first kappa shape index (κ1) is 19.3. The van der Waals surface area contributed by atoms with Crippen LogP contribution in [0.25, 0.3) is 5.70 Å². The molecule has 1 heterocycles. The van der Waals surface area contributed by atoms with Crippen molar-refractivity contribution in [3.05, 3.63) is 54.2 Å². The van der Waals surface area contributed by atoms with Gasteiger partial charge in [0.1, 0.15) is 23.4 Å². The Kier molecular flexibility index (Phi) is 6.57. The summed E-state index contributed by atoms with van der Waals surface area (Å²) in [6, 6.07) is 8.07. The molecule has 1 aromatic heterocycles. The predicted molar refractivity (Wildman–Crippen MR) is 98.3 cm³/mol. The van der Waals surface area contributed by atoms with E-state index in [2.05, 4.69) is 21.6 Å². The lowest BCUT2D eigenvalue weighted by Crippen LogP contribution is -2.18. The molecule has 0 radical (unpaired) electrons. The summed E-state index contributed by atoms with van der Waals surface area (Å²) < 4.78 is 15.4. The monoisotopic (exact) mass is 358 g/mol. The minimum atomic E-state index is -0.456. The van der Waals surface area contributed by atoms with Crippen LogP contribution < -0.4 is 10.1 Å². The molecule has 0 amide bonds. The van der Waals surface area contributed by atoms with Gasteiger partial charge in [-0.25, -0.2) is 9.78 Å². The number of phenolic OH excluding ortho intramolecular Hbond substituents is 1. The Morgan fingerprint density at radius 2 is 2.04 bits per heavy atom. The predicted octanol–water partition coefficient (Wildman–Crippen LogP) is 3.07. The zero-order valence-electron chi connectivity index (χ0n) is 15.0. The molecule has 0 aliphatic carbocycles. The Hall–Kier alpha value is -3.06. The number of hydrogen-bond donors (Lipinski definition) is 2. The molecule has 0 fully saturated rings. The summed E-state index contributed by atoms with van der Waals surface area (Å²) in [7, 11) is 2.91. The van der Waals surface area contributed by atoms with Gasteiger partial charge in [0.2, 0.25) is 0 Å². The maximum absolute atomic E-state index is 11.4. The second kappa shape index (κ2) is 8.87. The third kappa shape index (κ3) is 5.22. The SMILES string of the molecule is C=C(Nc1ccc(C(=O)OC)cn1)c1cc(O)cc(OC(C)COC)c1. The number of nitrogens with one attached hydrogen (secondary N) is 1. The molecule has 0 aliphatic rings. The number of hydrogen-bond acceptors (Lipinski definition) is 7. The van der Waals surface area contributed by atoms with Gasteiger partial charge in [-0.1, -0.05) is 6.58 Å². The van der Waals surface area contributed by atoms with E-state index in [1.165, 1.54) is 19.4 Å². The van der Waals surface area contributed by atoms with Crippen molar-refractivity contribution in [3.8, 4) is 11.5 Å². The van der Waals surface area contributed by atoms with Crippen molar-refractivity contribution in [3.63, 3.8) is 0 Å². The van der Waals surface area contributed by atoms with Gasteiger partial charge < -0.3 is 24.6 Å². The molecule has 0 spiro atoms. The number of rotatable bonds is 8. The minimum Gasteiger partial charge on any atom is -0.508 e. The second-order valence-corrected chi connectivity index (χ2v) is 5.63. The molecule has 1 aromatic carbocycles. The van der Waals surface area contributed by atoms with Crippen LogP contribution >= 0.6 is 0 Å². The molecule has 2 N–H and O–H groups in total. The summed E-state index contributed by atoms with van der Waals surface area (Å²) >= 11 is 0. The number of nitrogens with zero attached hydrogens (tertiary/aromatic N) is 1. The van der Waals surface area contributed by atoms with Gasteiger partial charge in [0, 0.05) is 30.6 Å². The molecular formula is C19H22N2O5. The Morgan fingerprint density at radius 1 is 1.27 bits per heavy atom. The maximum atomic E-state index is 11.4. The van der Waals surface area contributed by atoms with Gasteiger partial charge in [-0.15, -0.1) is 0 Å². The number of anilines is 1. The first-order valence-electron chi connectivity index (χ1n) is 7.93. The number of benzene rings is 1. The lowest BCUT2D eigenvalue weighted by molar-refractivity contribution is 0.0600. The summed E-state index contributed by atoms with van der Waals surface area (Å²) in [5.74, 6) is 0.601. The van der Waals surface area contributed by atoms with Crippen molar-refractivity contribution in [2.75, 3.05) is 26.1 Å². The molecule has 0 bridgehead atoms. The number of methoxy groups -OCH3 is 2. The quantitative estimate of drug-likeness (QED) is 0.701. The largest absolute Gasteiger partial charge is 0.508 e. The number of phenols is 1. The number of pyridine rings is 1. The highest BCUT2D eigenvalue weighted by Gasteiger charge is 2.10. The van der Waals surface area contributed by atoms with Crippen LogP contribution in [0.2, 0.25) is 0 Å². The van der Waals surface area contributed by atoms with Gasteiger partial charge in [-0.2, -0.15) is 0 Å². The Labute approximate surface area is 152 Å². The van der Waals surface area contributed by atoms with Crippen LogP contribution in [0.4, 0.5) is 5.82 Å². The van der Waals surface area contributed by atoms with E-state index in [1.807, 2.05) is 6.92 Å². The molecule has 0 saturated carbocycles. The van der Waals surface area contributed by atoms with Crippen molar-refractivity contribution < 1.29 is 24.1 Å². The van der Waals surface area contributed by atoms with Crippen molar-refractivity contribution >= 4 is 17.5 Å². The zero-order valence-corrected chi connectivity index (χ0v) is 15.0. The Balaban J connectivity index is 2.11. The maximum Gasteiger partial charge on any atom is 0.339 e. The van der Waals surface area contributed by atoms with Crippen LogP contribution in [0.1, 0.15) is 22.8 Å². The number of esters is 1. The Morgan fingerprint density at radius 3 is 2.65 bits per heavy atom. The first-order valence-corrected chi connectivity index (χ1v) is 7.93. The summed E-state index contributed by atoms with van der Waals surface area (Å²) in [6.45, 7) is 6.26. The van der Waals surface area contributed by atoms with Gasteiger partial charge in [0.05, 0.1) is 19.3 Å². The third-order valence-corrected chi connectivity index (χ3v) is 3.44. The van der Waals surface area contributed by atoms with Crippen molar-refractivity contribution in [1.29, 1.82) is 0 Å². The molecular weight excluding hydrogens is 336 g/mol. The van der Waals surface area contributed by atoms with Gasteiger partial charge in [0.25, 0.3) is 0 Å². The van der Waals surface area contributed by atoms with Crippen LogP contribution in [-0.4, -0.2) is 43.0 Å². The molecule has 2 rings (SSSR count). The topological polar surface area (TPSA) is 89.9 Å². The minimum absolute atomic E-state index is 0.0547. The molecule has 0 aliphatic heterocycles. The molecule has 26 heavy (non-hydrogen) atoms.